The van der Waals surface area contributed by atoms with Crippen LogP contribution in [0.3, 0.4) is 0 Å². The fourth-order valence-corrected chi connectivity index (χ4v) is 5.90. The lowest BCUT2D eigenvalue weighted by Crippen LogP contribution is -2.58. The minimum atomic E-state index is -0.672. The molecule has 1 aromatic carbocycles. The Kier molecular flexibility index (Phi) is 8.59. The fourth-order valence-electron chi connectivity index (χ4n) is 5.90. The molecule has 3 fully saturated rings. The van der Waals surface area contributed by atoms with Crippen LogP contribution in [0.25, 0.3) is 11.0 Å². The minimum Gasteiger partial charge on any atom is -0.444 e. The molecule has 3 heterocycles. The Morgan fingerprint density at radius 2 is 1.78 bits per heavy atom. The lowest BCUT2D eigenvalue weighted by atomic mass is 9.91. The topological polar surface area (TPSA) is 97.2 Å². The summed E-state index contributed by atoms with van der Waals surface area (Å²) in [7, 11) is 0. The number of benzene rings is 1. The van der Waals surface area contributed by atoms with Gasteiger partial charge in [-0.3, -0.25) is 9.59 Å². The summed E-state index contributed by atoms with van der Waals surface area (Å²) in [6.07, 6.45) is 2.35. The summed E-state index contributed by atoms with van der Waals surface area (Å²) < 4.78 is 13.3. The van der Waals surface area contributed by atoms with Crippen molar-refractivity contribution < 1.29 is 23.9 Å². The number of ether oxygens (including phenoxy) is 2. The molecule has 0 unspecified atom stereocenters. The number of aromatic nitrogens is 2. The zero-order valence-electron chi connectivity index (χ0n) is 25.2. The Labute approximate surface area is 242 Å². The van der Waals surface area contributed by atoms with E-state index in [1.165, 1.54) is 0 Å². The van der Waals surface area contributed by atoms with Crippen molar-refractivity contribution in [2.75, 3.05) is 45.9 Å². The van der Waals surface area contributed by atoms with Crippen LogP contribution in [0, 0.1) is 17.8 Å². The van der Waals surface area contributed by atoms with Crippen molar-refractivity contribution in [3.63, 3.8) is 0 Å². The van der Waals surface area contributed by atoms with Crippen LogP contribution in [0.4, 0.5) is 4.79 Å². The third-order valence-corrected chi connectivity index (χ3v) is 8.00. The van der Waals surface area contributed by atoms with E-state index in [-0.39, 0.29) is 30.3 Å². The van der Waals surface area contributed by atoms with Crippen LogP contribution in [0.5, 0.6) is 0 Å². The van der Waals surface area contributed by atoms with Gasteiger partial charge in [-0.15, -0.1) is 0 Å². The van der Waals surface area contributed by atoms with Crippen LogP contribution in [0.15, 0.2) is 24.3 Å². The van der Waals surface area contributed by atoms with Crippen molar-refractivity contribution in [1.82, 2.24) is 24.3 Å². The van der Waals surface area contributed by atoms with Gasteiger partial charge < -0.3 is 28.7 Å². The van der Waals surface area contributed by atoms with Crippen LogP contribution in [-0.4, -0.2) is 99.7 Å². The fraction of sp³-hybridized carbons (Fsp3) is 0.677. The molecule has 2 aliphatic heterocycles. The third-order valence-electron chi connectivity index (χ3n) is 8.00. The number of rotatable bonds is 7. The van der Waals surface area contributed by atoms with Gasteiger partial charge in [0.1, 0.15) is 5.60 Å². The standard InChI is InChI=1S/C31H45N5O5/c1-21(2)17-35(29(38)27-32-25-8-6-7-9-26(25)36(27)18-22-10-11-22)24-16-23(28(37)33-12-14-40-15-13-33)19-34(20-24)30(39)41-31(3,4)5/h6-9,21-24H,10-20H2,1-5H3/t23-,24+/m1/s1. The summed E-state index contributed by atoms with van der Waals surface area (Å²) in [6, 6.07) is 7.55. The number of hydrogen-bond acceptors (Lipinski definition) is 6. The van der Waals surface area contributed by atoms with E-state index in [1.54, 1.807) is 4.90 Å². The maximum Gasteiger partial charge on any atom is 0.410 e. The van der Waals surface area contributed by atoms with Crippen LogP contribution < -0.4 is 0 Å². The maximum absolute atomic E-state index is 14.5. The summed E-state index contributed by atoms with van der Waals surface area (Å²) in [5, 5.41) is 0. The Morgan fingerprint density at radius 3 is 2.44 bits per heavy atom. The smallest absolute Gasteiger partial charge is 0.410 e. The van der Waals surface area contributed by atoms with Gasteiger partial charge >= 0.3 is 6.09 Å². The number of amides is 3. The Hall–Kier alpha value is -3.14. The molecule has 5 rings (SSSR count). The number of likely N-dealkylation sites (tertiary alicyclic amines) is 1. The van der Waals surface area contributed by atoms with E-state index in [1.807, 2.05) is 54.8 Å². The first kappa shape index (κ1) is 29.4. The van der Waals surface area contributed by atoms with Crippen molar-refractivity contribution in [2.24, 2.45) is 17.8 Å². The number of carbonyl (C=O) groups excluding carboxylic acids is 3. The molecular formula is C31H45N5O5. The average molecular weight is 568 g/mol. The molecule has 0 radical (unpaired) electrons. The van der Waals surface area contributed by atoms with Crippen molar-refractivity contribution in [2.45, 2.75) is 72.1 Å². The predicted octanol–water partition coefficient (Wildman–Crippen LogP) is 4.03. The maximum atomic E-state index is 14.5. The number of para-hydroxylation sites is 2. The zero-order valence-corrected chi connectivity index (χ0v) is 25.2. The third kappa shape index (κ3) is 7.02. The molecule has 3 amide bonds. The Morgan fingerprint density at radius 1 is 1.07 bits per heavy atom. The summed E-state index contributed by atoms with van der Waals surface area (Å²) in [6.45, 7) is 13.6. The molecular weight excluding hydrogens is 522 g/mol. The molecule has 224 valence electrons. The van der Waals surface area contributed by atoms with Gasteiger partial charge in [0, 0.05) is 39.3 Å². The minimum absolute atomic E-state index is 0.00415. The SMILES string of the molecule is CC(C)CN(C(=O)c1nc2ccccc2n1CC1CC1)[C@H]1C[C@@H](C(=O)N2CCOCC2)CN(C(=O)OC(C)(C)C)C1. The van der Waals surface area contributed by atoms with Crippen molar-refractivity contribution >= 4 is 28.9 Å². The molecule has 2 saturated heterocycles. The second-order valence-corrected chi connectivity index (χ2v) is 13.2. The van der Waals surface area contributed by atoms with Crippen molar-refractivity contribution in [3.8, 4) is 0 Å². The Bertz CT molecular complexity index is 1260. The molecule has 0 bridgehead atoms. The summed E-state index contributed by atoms with van der Waals surface area (Å²) in [4.78, 5) is 51.6. The van der Waals surface area contributed by atoms with Crippen LogP contribution in [0.1, 0.15) is 64.5 Å². The molecule has 1 aliphatic carbocycles. The highest BCUT2D eigenvalue weighted by Crippen LogP contribution is 2.33. The summed E-state index contributed by atoms with van der Waals surface area (Å²) >= 11 is 0. The normalized spacial score (nSPS) is 21.8. The van der Waals surface area contributed by atoms with Crippen LogP contribution in [-0.2, 0) is 20.8 Å². The van der Waals surface area contributed by atoms with Crippen molar-refractivity contribution in [1.29, 1.82) is 0 Å². The van der Waals surface area contributed by atoms with E-state index in [9.17, 15) is 14.4 Å². The largest absolute Gasteiger partial charge is 0.444 e. The van der Waals surface area contributed by atoms with Gasteiger partial charge in [0.2, 0.25) is 5.91 Å². The van der Waals surface area contributed by atoms with Crippen LogP contribution in [0.2, 0.25) is 0 Å². The van der Waals surface area contributed by atoms with Gasteiger partial charge in [-0.05, 0) is 64.0 Å². The molecule has 1 aromatic heterocycles. The highest BCUT2D eigenvalue weighted by Gasteiger charge is 2.42. The molecule has 0 spiro atoms. The van der Waals surface area contributed by atoms with Gasteiger partial charge in [0.05, 0.1) is 36.2 Å². The lowest BCUT2D eigenvalue weighted by molar-refractivity contribution is -0.142. The monoisotopic (exact) mass is 567 g/mol. The molecule has 10 heteroatoms. The van der Waals surface area contributed by atoms with E-state index in [0.717, 1.165) is 30.4 Å². The van der Waals surface area contributed by atoms with Crippen LogP contribution >= 0.6 is 0 Å². The molecule has 0 N–H and O–H groups in total. The van der Waals surface area contributed by atoms with Gasteiger partial charge in [-0.25, -0.2) is 9.78 Å². The zero-order chi connectivity index (χ0) is 29.3. The second-order valence-electron chi connectivity index (χ2n) is 13.2. The molecule has 41 heavy (non-hydrogen) atoms. The van der Waals surface area contributed by atoms with Gasteiger partial charge in [0.15, 0.2) is 5.82 Å². The highest BCUT2D eigenvalue weighted by atomic mass is 16.6. The number of imidazole rings is 1. The average Bonchev–Trinajstić information content (AvgIpc) is 3.69. The summed E-state index contributed by atoms with van der Waals surface area (Å²) in [5.74, 6) is 0.598. The van der Waals surface area contributed by atoms with Gasteiger partial charge in [-0.2, -0.15) is 0 Å². The molecule has 1 saturated carbocycles. The van der Waals surface area contributed by atoms with E-state index >= 15 is 0 Å². The molecule has 2 atom stereocenters. The number of piperidine rings is 1. The predicted molar refractivity (Wildman–Crippen MR) is 155 cm³/mol. The highest BCUT2D eigenvalue weighted by molar-refractivity contribution is 5.95. The van der Waals surface area contributed by atoms with Gasteiger partial charge in [0.25, 0.3) is 5.91 Å². The first-order chi connectivity index (χ1) is 19.5. The van der Waals surface area contributed by atoms with Crippen molar-refractivity contribution in [3.05, 3.63) is 30.1 Å². The first-order valence-corrected chi connectivity index (χ1v) is 15.1. The lowest BCUT2D eigenvalue weighted by Gasteiger charge is -2.44. The Balaban J connectivity index is 1.48. The number of hydrogen-bond donors (Lipinski definition) is 0. The summed E-state index contributed by atoms with van der Waals surface area (Å²) in [5.41, 5.74) is 1.10. The number of carbonyl (C=O) groups is 3. The van der Waals surface area contributed by atoms with E-state index in [4.69, 9.17) is 14.5 Å². The first-order valence-electron chi connectivity index (χ1n) is 15.1. The number of fused-ring (bicyclic) bond motifs is 1. The number of morpholine rings is 1. The second kappa shape index (κ2) is 12.0. The van der Waals surface area contributed by atoms with E-state index in [0.29, 0.717) is 57.6 Å². The molecule has 3 aliphatic rings. The molecule has 10 nitrogen and oxygen atoms in total. The quantitative estimate of drug-likeness (QED) is 0.501. The molecule has 2 aromatic rings. The van der Waals surface area contributed by atoms with E-state index < -0.39 is 17.6 Å². The number of nitrogens with zero attached hydrogens (tertiary/aromatic N) is 5. The van der Waals surface area contributed by atoms with E-state index in [2.05, 4.69) is 18.4 Å². The van der Waals surface area contributed by atoms with Gasteiger partial charge in [-0.1, -0.05) is 26.0 Å².